The summed E-state index contributed by atoms with van der Waals surface area (Å²) in [7, 11) is 0. The Balaban J connectivity index is 0.000000236. The molecule has 0 aliphatic carbocycles. The maximum atomic E-state index is 11.7. The predicted molar refractivity (Wildman–Crippen MR) is 145 cm³/mol. The molecule has 11 heteroatoms. The molecule has 1 aliphatic rings. The monoisotopic (exact) mass is 514 g/mol. The molecule has 0 saturated carbocycles. The Morgan fingerprint density at radius 3 is 2.47 bits per heavy atom. The van der Waals surface area contributed by atoms with E-state index in [0.717, 1.165) is 29.7 Å². The molecular formula is C27H34N10O. The van der Waals surface area contributed by atoms with Gasteiger partial charge in [0.1, 0.15) is 11.8 Å². The van der Waals surface area contributed by atoms with Gasteiger partial charge in [-0.15, -0.1) is 0 Å². The average molecular weight is 515 g/mol. The molecule has 1 saturated heterocycles. The number of hydrogen-bond donors (Lipinski definition) is 2. The highest BCUT2D eigenvalue weighted by molar-refractivity contribution is 5.81. The van der Waals surface area contributed by atoms with Crippen LogP contribution < -0.4 is 5.32 Å². The maximum Gasteiger partial charge on any atom is 0.227 e. The largest absolute Gasteiger partial charge is 0.382 e. The standard InChI is InChI=1S/C17H15N9.C10H19NO/c1-10(2)23-14-4-16(19-8-13(14)15-9-21-25-24-15)26-17-12(7-22-26)3-11(5-18)6-20-17;1-10(2,3)9(12)11-7-5-4-6-8-11/h3-4,6-10H,1-2H3,(H,19,23)(H,21,24,25);4-8H2,1-3H3. The van der Waals surface area contributed by atoms with Gasteiger partial charge in [-0.1, -0.05) is 20.8 Å². The number of anilines is 1. The third kappa shape index (κ3) is 6.14. The highest BCUT2D eigenvalue weighted by Gasteiger charge is 2.27. The van der Waals surface area contributed by atoms with Crippen molar-refractivity contribution in [3.8, 4) is 23.1 Å². The number of rotatable bonds is 4. The molecule has 5 rings (SSSR count). The minimum atomic E-state index is -0.197. The van der Waals surface area contributed by atoms with Crippen molar-refractivity contribution in [2.45, 2.75) is 59.9 Å². The van der Waals surface area contributed by atoms with Crippen molar-refractivity contribution in [3.63, 3.8) is 0 Å². The van der Waals surface area contributed by atoms with Crippen molar-refractivity contribution in [1.82, 2.24) is 40.1 Å². The van der Waals surface area contributed by atoms with Crippen LogP contribution in [0.4, 0.5) is 5.69 Å². The lowest BCUT2D eigenvalue weighted by atomic mass is 9.93. The van der Waals surface area contributed by atoms with Crippen molar-refractivity contribution in [2.24, 2.45) is 5.41 Å². The molecule has 4 aromatic rings. The highest BCUT2D eigenvalue weighted by atomic mass is 16.2. The van der Waals surface area contributed by atoms with Gasteiger partial charge in [-0.05, 0) is 39.2 Å². The quantitative estimate of drug-likeness (QED) is 0.410. The van der Waals surface area contributed by atoms with E-state index in [0.29, 0.717) is 28.6 Å². The lowest BCUT2D eigenvalue weighted by molar-refractivity contribution is -0.140. The van der Waals surface area contributed by atoms with Crippen LogP contribution in [-0.2, 0) is 4.79 Å². The van der Waals surface area contributed by atoms with Crippen LogP contribution in [0.15, 0.2) is 36.9 Å². The van der Waals surface area contributed by atoms with Crippen LogP contribution in [0.1, 0.15) is 59.4 Å². The van der Waals surface area contributed by atoms with Crippen molar-refractivity contribution in [2.75, 3.05) is 18.4 Å². The number of nitrogens with zero attached hydrogens (tertiary/aromatic N) is 8. The number of likely N-dealkylation sites (tertiary alicyclic amines) is 1. The summed E-state index contributed by atoms with van der Waals surface area (Å²) in [6.45, 7) is 12.0. The van der Waals surface area contributed by atoms with Gasteiger partial charge in [0.05, 0.1) is 18.0 Å². The first-order chi connectivity index (χ1) is 18.2. The molecule has 2 N–H and O–H groups in total. The third-order valence-electron chi connectivity index (χ3n) is 6.06. The van der Waals surface area contributed by atoms with Gasteiger partial charge < -0.3 is 10.2 Å². The number of pyridine rings is 2. The molecule has 0 spiro atoms. The fraction of sp³-hybridized carbons (Fsp3) is 0.444. The van der Waals surface area contributed by atoms with E-state index in [2.05, 4.69) is 55.7 Å². The molecule has 38 heavy (non-hydrogen) atoms. The number of fused-ring (bicyclic) bond motifs is 1. The molecule has 0 radical (unpaired) electrons. The second kappa shape index (κ2) is 11.4. The first kappa shape index (κ1) is 26.7. The van der Waals surface area contributed by atoms with Gasteiger partial charge >= 0.3 is 0 Å². The molecule has 198 valence electrons. The van der Waals surface area contributed by atoms with Gasteiger partial charge in [-0.2, -0.15) is 30.5 Å². The number of aromatic amines is 1. The van der Waals surface area contributed by atoms with Crippen LogP contribution in [0, 0.1) is 16.7 Å². The van der Waals surface area contributed by atoms with Crippen molar-refractivity contribution in [1.29, 1.82) is 5.26 Å². The Morgan fingerprint density at radius 2 is 1.84 bits per heavy atom. The smallest absolute Gasteiger partial charge is 0.227 e. The minimum absolute atomic E-state index is 0.197. The molecule has 0 atom stereocenters. The number of H-pyrrole nitrogens is 1. The van der Waals surface area contributed by atoms with E-state index in [-0.39, 0.29) is 11.5 Å². The van der Waals surface area contributed by atoms with Crippen LogP contribution in [-0.4, -0.2) is 65.1 Å². The number of carbonyl (C=O) groups is 1. The summed E-state index contributed by atoms with van der Waals surface area (Å²) in [5.41, 5.74) is 3.35. The average Bonchev–Trinajstić information content (AvgIpc) is 3.58. The lowest BCUT2D eigenvalue weighted by Crippen LogP contribution is -2.42. The Hall–Kier alpha value is -4.33. The molecule has 0 aromatic carbocycles. The zero-order valence-electron chi connectivity index (χ0n) is 22.6. The minimum Gasteiger partial charge on any atom is -0.382 e. The van der Waals surface area contributed by atoms with Crippen LogP contribution in [0.5, 0.6) is 0 Å². The highest BCUT2D eigenvalue weighted by Crippen LogP contribution is 2.28. The molecule has 1 amide bonds. The van der Waals surface area contributed by atoms with Gasteiger partial charge in [0, 0.05) is 59.6 Å². The van der Waals surface area contributed by atoms with Gasteiger partial charge in [0.2, 0.25) is 5.91 Å². The van der Waals surface area contributed by atoms with E-state index in [1.165, 1.54) is 25.5 Å². The number of aromatic nitrogens is 7. The predicted octanol–water partition coefficient (Wildman–Crippen LogP) is 4.34. The van der Waals surface area contributed by atoms with Crippen LogP contribution in [0.2, 0.25) is 0 Å². The zero-order chi connectivity index (χ0) is 27.3. The van der Waals surface area contributed by atoms with Gasteiger partial charge in [0.25, 0.3) is 0 Å². The van der Waals surface area contributed by atoms with Crippen LogP contribution >= 0.6 is 0 Å². The first-order valence-electron chi connectivity index (χ1n) is 12.8. The lowest BCUT2D eigenvalue weighted by Gasteiger charge is -2.32. The second-order valence-corrected chi connectivity index (χ2v) is 10.7. The molecule has 0 bridgehead atoms. The van der Waals surface area contributed by atoms with Crippen molar-refractivity contribution < 1.29 is 4.79 Å². The number of carbonyl (C=O) groups excluding carboxylic acids is 1. The molecular weight excluding hydrogens is 480 g/mol. The fourth-order valence-electron chi connectivity index (χ4n) is 4.25. The summed E-state index contributed by atoms with van der Waals surface area (Å²) >= 11 is 0. The number of amides is 1. The summed E-state index contributed by atoms with van der Waals surface area (Å²) < 4.78 is 1.65. The summed E-state index contributed by atoms with van der Waals surface area (Å²) in [6, 6.07) is 5.96. The molecule has 1 fully saturated rings. The Labute approximate surface area is 222 Å². The summed E-state index contributed by atoms with van der Waals surface area (Å²) in [5.74, 6) is 0.926. The molecule has 4 aromatic heterocycles. The summed E-state index contributed by atoms with van der Waals surface area (Å²) in [6.07, 6.45) is 10.2. The van der Waals surface area contributed by atoms with E-state index in [1.807, 2.05) is 31.7 Å². The Morgan fingerprint density at radius 1 is 1.08 bits per heavy atom. The van der Waals surface area contributed by atoms with E-state index >= 15 is 0 Å². The van der Waals surface area contributed by atoms with E-state index in [4.69, 9.17) is 5.26 Å². The molecule has 1 aliphatic heterocycles. The van der Waals surface area contributed by atoms with E-state index in [9.17, 15) is 4.79 Å². The SMILES string of the molecule is CC(C)(C)C(=O)N1CCCCC1.CC(C)Nc1cc(-n2ncc3cc(C#N)cnc32)ncc1-c1cn[nH]n1. The molecule has 11 nitrogen and oxygen atoms in total. The van der Waals surface area contributed by atoms with Crippen molar-refractivity contribution in [3.05, 3.63) is 42.5 Å². The normalized spacial score (nSPS) is 13.7. The second-order valence-electron chi connectivity index (χ2n) is 10.7. The zero-order valence-corrected chi connectivity index (χ0v) is 22.6. The van der Waals surface area contributed by atoms with Crippen LogP contribution in [0.3, 0.4) is 0 Å². The van der Waals surface area contributed by atoms with E-state index in [1.54, 1.807) is 29.3 Å². The topological polar surface area (TPSA) is 141 Å². The fourth-order valence-corrected chi connectivity index (χ4v) is 4.25. The number of hydrogen-bond acceptors (Lipinski definition) is 8. The van der Waals surface area contributed by atoms with Gasteiger partial charge in [-0.25, -0.2) is 9.97 Å². The Bertz CT molecular complexity index is 1420. The summed E-state index contributed by atoms with van der Waals surface area (Å²) in [4.78, 5) is 22.6. The van der Waals surface area contributed by atoms with Gasteiger partial charge in [0.15, 0.2) is 11.5 Å². The Kier molecular flexibility index (Phi) is 8.00. The summed E-state index contributed by atoms with van der Waals surface area (Å²) in [5, 5.41) is 28.2. The number of nitrogens with one attached hydrogen (secondary N) is 2. The van der Waals surface area contributed by atoms with E-state index < -0.39 is 0 Å². The van der Waals surface area contributed by atoms with Crippen molar-refractivity contribution >= 4 is 22.6 Å². The molecule has 5 heterocycles. The van der Waals surface area contributed by atoms with Gasteiger partial charge in [-0.3, -0.25) is 4.79 Å². The first-order valence-corrected chi connectivity index (χ1v) is 12.8. The number of nitriles is 1. The number of piperidine rings is 1. The van der Waals surface area contributed by atoms with Crippen LogP contribution in [0.25, 0.3) is 28.1 Å². The molecule has 0 unspecified atom stereocenters. The maximum absolute atomic E-state index is 11.7. The third-order valence-corrected chi connectivity index (χ3v) is 6.06.